The molecule has 4 nitrogen and oxygen atoms in total. The van der Waals surface area contributed by atoms with Crippen molar-refractivity contribution in [2.75, 3.05) is 19.7 Å². The molecule has 1 aliphatic rings. The number of nitrogens with zero attached hydrogens (tertiary/aromatic N) is 2. The van der Waals surface area contributed by atoms with Gasteiger partial charge in [0.15, 0.2) is 5.96 Å². The highest BCUT2D eigenvalue weighted by atomic mass is 16.5. The average Bonchev–Trinajstić information content (AvgIpc) is 2.01. The summed E-state index contributed by atoms with van der Waals surface area (Å²) in [6.45, 7) is 10.6. The van der Waals surface area contributed by atoms with Crippen molar-refractivity contribution < 1.29 is 4.74 Å². The highest BCUT2D eigenvalue weighted by Gasteiger charge is 2.19. The van der Waals surface area contributed by atoms with Crippen LogP contribution in [0.4, 0.5) is 0 Å². The molecular formula is C10H21N3O. The van der Waals surface area contributed by atoms with Gasteiger partial charge in [0, 0.05) is 13.1 Å². The number of rotatable bonds is 0. The minimum Gasteiger partial charge on any atom is -0.375 e. The minimum atomic E-state index is -0.106. The average molecular weight is 199 g/mol. The molecule has 82 valence electrons. The van der Waals surface area contributed by atoms with Crippen LogP contribution in [0.2, 0.25) is 0 Å². The molecule has 0 radical (unpaired) electrons. The van der Waals surface area contributed by atoms with E-state index < -0.39 is 0 Å². The zero-order chi connectivity index (χ0) is 10.8. The van der Waals surface area contributed by atoms with Crippen LogP contribution in [-0.2, 0) is 4.74 Å². The van der Waals surface area contributed by atoms with E-state index in [1.54, 1.807) is 0 Å². The van der Waals surface area contributed by atoms with Gasteiger partial charge in [0.2, 0.25) is 0 Å². The van der Waals surface area contributed by atoms with Gasteiger partial charge in [0.05, 0.1) is 18.2 Å². The highest BCUT2D eigenvalue weighted by Crippen LogP contribution is 2.09. The van der Waals surface area contributed by atoms with Crippen LogP contribution >= 0.6 is 0 Å². The zero-order valence-corrected chi connectivity index (χ0v) is 9.58. The second kappa shape index (κ2) is 4.17. The van der Waals surface area contributed by atoms with Crippen LogP contribution in [0.25, 0.3) is 0 Å². The molecule has 1 fully saturated rings. The Bertz CT molecular complexity index is 220. The summed E-state index contributed by atoms with van der Waals surface area (Å²) >= 11 is 0. The molecule has 0 bridgehead atoms. The van der Waals surface area contributed by atoms with E-state index in [9.17, 15) is 0 Å². The zero-order valence-electron chi connectivity index (χ0n) is 9.58. The maximum atomic E-state index is 5.92. The summed E-state index contributed by atoms with van der Waals surface area (Å²) < 4.78 is 5.44. The van der Waals surface area contributed by atoms with Crippen LogP contribution in [0.15, 0.2) is 4.99 Å². The standard InChI is InChI=1S/C10H21N3O/c1-8-7-13(5-6-14-8)9(11)12-10(2,3)4/h8H,5-7H2,1-4H3,(H2,11,12). The predicted molar refractivity (Wildman–Crippen MR) is 58.4 cm³/mol. The Hall–Kier alpha value is -0.770. The van der Waals surface area contributed by atoms with E-state index in [4.69, 9.17) is 10.5 Å². The molecular weight excluding hydrogens is 178 g/mol. The number of morpholine rings is 1. The molecule has 1 unspecified atom stereocenters. The van der Waals surface area contributed by atoms with Crippen LogP contribution < -0.4 is 5.73 Å². The van der Waals surface area contributed by atoms with Gasteiger partial charge in [-0.1, -0.05) is 0 Å². The van der Waals surface area contributed by atoms with E-state index in [2.05, 4.69) is 16.8 Å². The Morgan fingerprint density at radius 3 is 2.64 bits per heavy atom. The van der Waals surface area contributed by atoms with Gasteiger partial charge >= 0.3 is 0 Å². The van der Waals surface area contributed by atoms with Gasteiger partial charge in [-0.3, -0.25) is 0 Å². The van der Waals surface area contributed by atoms with Crippen LogP contribution in [-0.4, -0.2) is 42.2 Å². The van der Waals surface area contributed by atoms with Gasteiger partial charge in [0.25, 0.3) is 0 Å². The lowest BCUT2D eigenvalue weighted by Crippen LogP contribution is -2.48. The molecule has 1 saturated heterocycles. The van der Waals surface area contributed by atoms with Gasteiger partial charge in [-0.15, -0.1) is 0 Å². The number of guanidine groups is 1. The molecule has 14 heavy (non-hydrogen) atoms. The van der Waals surface area contributed by atoms with Gasteiger partial charge in [-0.05, 0) is 27.7 Å². The van der Waals surface area contributed by atoms with Crippen molar-refractivity contribution in [1.82, 2.24) is 4.90 Å². The molecule has 0 aliphatic carbocycles. The Morgan fingerprint density at radius 2 is 2.14 bits per heavy atom. The molecule has 0 aromatic carbocycles. The molecule has 0 amide bonds. The van der Waals surface area contributed by atoms with E-state index in [0.717, 1.165) is 19.7 Å². The molecule has 4 heteroatoms. The van der Waals surface area contributed by atoms with Crippen molar-refractivity contribution in [3.05, 3.63) is 0 Å². The predicted octanol–water partition coefficient (Wildman–Crippen LogP) is 0.820. The van der Waals surface area contributed by atoms with Crippen LogP contribution in [0.1, 0.15) is 27.7 Å². The highest BCUT2D eigenvalue weighted by molar-refractivity contribution is 5.78. The van der Waals surface area contributed by atoms with Crippen molar-refractivity contribution in [3.63, 3.8) is 0 Å². The third-order valence-corrected chi connectivity index (χ3v) is 2.02. The number of nitrogens with two attached hydrogens (primary N) is 1. The first-order valence-electron chi connectivity index (χ1n) is 5.10. The molecule has 0 saturated carbocycles. The van der Waals surface area contributed by atoms with E-state index in [1.165, 1.54) is 0 Å². The van der Waals surface area contributed by atoms with Gasteiger partial charge in [-0.2, -0.15) is 0 Å². The lowest BCUT2D eigenvalue weighted by atomic mass is 10.1. The Morgan fingerprint density at radius 1 is 1.50 bits per heavy atom. The van der Waals surface area contributed by atoms with Crippen LogP contribution in [0, 0.1) is 0 Å². The fraction of sp³-hybridized carbons (Fsp3) is 0.900. The monoisotopic (exact) mass is 199 g/mol. The topological polar surface area (TPSA) is 50.8 Å². The summed E-state index contributed by atoms with van der Waals surface area (Å²) in [6, 6.07) is 0. The Labute approximate surface area is 86.1 Å². The molecule has 0 aromatic heterocycles. The molecule has 2 N–H and O–H groups in total. The van der Waals surface area contributed by atoms with Gasteiger partial charge < -0.3 is 15.4 Å². The molecule has 1 heterocycles. The van der Waals surface area contributed by atoms with E-state index >= 15 is 0 Å². The van der Waals surface area contributed by atoms with E-state index in [0.29, 0.717) is 5.96 Å². The van der Waals surface area contributed by atoms with E-state index in [1.807, 2.05) is 20.8 Å². The number of hydrogen-bond donors (Lipinski definition) is 1. The summed E-state index contributed by atoms with van der Waals surface area (Å²) in [4.78, 5) is 6.51. The number of ether oxygens (including phenoxy) is 1. The maximum absolute atomic E-state index is 5.92. The van der Waals surface area contributed by atoms with Crippen molar-refractivity contribution in [2.45, 2.75) is 39.3 Å². The van der Waals surface area contributed by atoms with E-state index in [-0.39, 0.29) is 11.6 Å². The fourth-order valence-electron chi connectivity index (χ4n) is 1.44. The lowest BCUT2D eigenvalue weighted by Gasteiger charge is -2.32. The second-order valence-corrected chi connectivity index (χ2v) is 4.77. The quantitative estimate of drug-likeness (QED) is 0.464. The first-order chi connectivity index (χ1) is 6.38. The van der Waals surface area contributed by atoms with Gasteiger partial charge in [-0.25, -0.2) is 4.99 Å². The Balaban J connectivity index is 2.59. The summed E-state index contributed by atoms with van der Waals surface area (Å²) in [5, 5.41) is 0. The summed E-state index contributed by atoms with van der Waals surface area (Å²) in [7, 11) is 0. The lowest BCUT2D eigenvalue weighted by molar-refractivity contribution is 0.00513. The smallest absolute Gasteiger partial charge is 0.191 e. The van der Waals surface area contributed by atoms with Gasteiger partial charge in [0.1, 0.15) is 0 Å². The summed E-state index contributed by atoms with van der Waals surface area (Å²) in [6.07, 6.45) is 0.248. The molecule has 1 aliphatic heterocycles. The molecule has 1 rings (SSSR count). The van der Waals surface area contributed by atoms with Crippen molar-refractivity contribution in [2.24, 2.45) is 10.7 Å². The first-order valence-corrected chi connectivity index (χ1v) is 5.10. The van der Waals surface area contributed by atoms with Crippen molar-refractivity contribution in [1.29, 1.82) is 0 Å². The normalized spacial score (nSPS) is 25.3. The summed E-state index contributed by atoms with van der Waals surface area (Å²) in [5.74, 6) is 0.632. The van der Waals surface area contributed by atoms with Crippen molar-refractivity contribution in [3.8, 4) is 0 Å². The third kappa shape index (κ3) is 3.54. The fourth-order valence-corrected chi connectivity index (χ4v) is 1.44. The molecule has 0 aromatic rings. The van der Waals surface area contributed by atoms with Crippen molar-refractivity contribution >= 4 is 5.96 Å². The molecule has 0 spiro atoms. The summed E-state index contributed by atoms with van der Waals surface area (Å²) in [5.41, 5.74) is 5.81. The number of aliphatic imine (C=N–C) groups is 1. The van der Waals surface area contributed by atoms with Crippen LogP contribution in [0.3, 0.4) is 0 Å². The largest absolute Gasteiger partial charge is 0.375 e. The van der Waals surface area contributed by atoms with Crippen LogP contribution in [0.5, 0.6) is 0 Å². The minimum absolute atomic E-state index is 0.106. The first kappa shape index (κ1) is 11.3. The maximum Gasteiger partial charge on any atom is 0.191 e. The SMILES string of the molecule is CC1CN(C(N)=NC(C)(C)C)CCO1. The third-order valence-electron chi connectivity index (χ3n) is 2.02. The molecule has 1 atom stereocenters. The Kier molecular flexibility index (Phi) is 3.37. The number of hydrogen-bond acceptors (Lipinski definition) is 2. The second-order valence-electron chi connectivity index (χ2n) is 4.77.